The molecule has 2 amide bonds. The third-order valence-electron chi connectivity index (χ3n) is 3.40. The highest BCUT2D eigenvalue weighted by atomic mass is 16.6. The summed E-state index contributed by atoms with van der Waals surface area (Å²) < 4.78 is 9.55. The molecule has 0 aromatic heterocycles. The van der Waals surface area contributed by atoms with E-state index in [9.17, 15) is 19.5 Å². The summed E-state index contributed by atoms with van der Waals surface area (Å²) in [6.07, 6.45) is -1.26. The van der Waals surface area contributed by atoms with Gasteiger partial charge in [-0.25, -0.2) is 9.59 Å². The van der Waals surface area contributed by atoms with Crippen LogP contribution >= 0.6 is 0 Å². The van der Waals surface area contributed by atoms with Crippen LogP contribution in [0.5, 0.6) is 5.75 Å². The predicted molar refractivity (Wildman–Crippen MR) is 75.6 cm³/mol. The van der Waals surface area contributed by atoms with E-state index in [2.05, 4.69) is 10.1 Å². The number of ether oxygens (including phenoxy) is 2. The molecule has 2 rings (SSSR count). The molecule has 1 aliphatic rings. The van der Waals surface area contributed by atoms with Gasteiger partial charge in [0.25, 0.3) is 5.91 Å². The topological polar surface area (TPSA) is 105 Å². The van der Waals surface area contributed by atoms with Gasteiger partial charge in [0.2, 0.25) is 0 Å². The number of likely N-dealkylation sites (N-methyl/N-ethyl adjacent to an activating group) is 1. The number of anilines is 1. The van der Waals surface area contributed by atoms with Gasteiger partial charge in [-0.15, -0.1) is 0 Å². The quantitative estimate of drug-likeness (QED) is 0.636. The zero-order valence-corrected chi connectivity index (χ0v) is 12.3. The van der Waals surface area contributed by atoms with Gasteiger partial charge < -0.3 is 19.9 Å². The zero-order chi connectivity index (χ0) is 16.4. The van der Waals surface area contributed by atoms with Gasteiger partial charge in [-0.1, -0.05) is 6.07 Å². The lowest BCUT2D eigenvalue weighted by Gasteiger charge is -2.19. The van der Waals surface area contributed by atoms with Crippen LogP contribution in [0.3, 0.4) is 0 Å². The number of esters is 1. The van der Waals surface area contributed by atoms with Crippen LogP contribution in [0, 0.1) is 0 Å². The molecule has 0 saturated carbocycles. The lowest BCUT2D eigenvalue weighted by Crippen LogP contribution is -2.43. The Morgan fingerprint density at radius 1 is 1.41 bits per heavy atom. The van der Waals surface area contributed by atoms with Crippen LogP contribution < -0.4 is 5.32 Å². The fourth-order valence-electron chi connectivity index (χ4n) is 2.27. The van der Waals surface area contributed by atoms with E-state index in [1.54, 1.807) is 6.92 Å². The van der Waals surface area contributed by atoms with E-state index in [1.807, 2.05) is 0 Å². The molecule has 2 N–H and O–H groups in total. The second-order valence-corrected chi connectivity index (χ2v) is 4.83. The molecular weight excluding hydrogens is 292 g/mol. The van der Waals surface area contributed by atoms with Crippen LogP contribution in [-0.4, -0.2) is 54.3 Å². The van der Waals surface area contributed by atoms with Crippen LogP contribution in [0.25, 0.3) is 0 Å². The first-order chi connectivity index (χ1) is 10.4. The number of nitrogens with zero attached hydrogens (tertiary/aromatic N) is 1. The highest BCUT2D eigenvalue weighted by molar-refractivity contribution is 6.05. The van der Waals surface area contributed by atoms with E-state index in [0.29, 0.717) is 0 Å². The highest BCUT2D eigenvalue weighted by Gasteiger charge is 2.42. The minimum absolute atomic E-state index is 0.0106. The SMILES string of the molecule is COC(=O)c1cccc(O)c1NC(=O)[C@H]1[C@H](C)OC(=O)N1C. The molecule has 0 unspecified atom stereocenters. The Labute approximate surface area is 126 Å². The average molecular weight is 308 g/mol. The van der Waals surface area contributed by atoms with E-state index in [4.69, 9.17) is 4.74 Å². The molecule has 8 nitrogen and oxygen atoms in total. The molecule has 1 saturated heterocycles. The van der Waals surface area contributed by atoms with Crippen molar-refractivity contribution in [2.24, 2.45) is 0 Å². The molecule has 1 aromatic rings. The van der Waals surface area contributed by atoms with Gasteiger partial charge in [-0.3, -0.25) is 9.69 Å². The number of carbonyl (C=O) groups is 3. The number of para-hydroxylation sites is 1. The first-order valence-corrected chi connectivity index (χ1v) is 6.51. The molecule has 1 heterocycles. The maximum Gasteiger partial charge on any atom is 0.410 e. The van der Waals surface area contributed by atoms with E-state index >= 15 is 0 Å². The van der Waals surface area contributed by atoms with Gasteiger partial charge in [0.15, 0.2) is 6.04 Å². The van der Waals surface area contributed by atoms with Crippen molar-refractivity contribution in [1.29, 1.82) is 0 Å². The molecule has 0 aliphatic carbocycles. The van der Waals surface area contributed by atoms with Crippen LogP contribution in [-0.2, 0) is 14.3 Å². The molecule has 1 fully saturated rings. The Bertz CT molecular complexity index is 630. The van der Waals surface area contributed by atoms with Crippen LogP contribution in [0.1, 0.15) is 17.3 Å². The number of amides is 2. The zero-order valence-electron chi connectivity index (χ0n) is 12.3. The summed E-state index contributed by atoms with van der Waals surface area (Å²) in [4.78, 5) is 36.6. The van der Waals surface area contributed by atoms with Crippen molar-refractivity contribution in [3.8, 4) is 5.75 Å². The number of hydrogen-bond acceptors (Lipinski definition) is 6. The van der Waals surface area contributed by atoms with Gasteiger partial charge in [-0.2, -0.15) is 0 Å². The fourth-order valence-corrected chi connectivity index (χ4v) is 2.27. The van der Waals surface area contributed by atoms with Gasteiger partial charge >= 0.3 is 12.1 Å². The largest absolute Gasteiger partial charge is 0.506 e. The number of cyclic esters (lactones) is 1. The Kier molecular flexibility index (Phi) is 4.20. The minimum atomic E-state index is -0.863. The summed E-state index contributed by atoms with van der Waals surface area (Å²) in [7, 11) is 2.62. The number of rotatable bonds is 3. The van der Waals surface area contributed by atoms with Gasteiger partial charge in [-0.05, 0) is 19.1 Å². The van der Waals surface area contributed by atoms with E-state index in [-0.39, 0.29) is 17.0 Å². The smallest absolute Gasteiger partial charge is 0.410 e. The molecule has 1 aromatic carbocycles. The standard InChI is InChI=1S/C14H16N2O6/c1-7-11(16(2)14(20)22-7)12(18)15-10-8(13(19)21-3)5-4-6-9(10)17/h4-7,11,17H,1-3H3,(H,15,18)/t7-,11+/m0/s1. The molecule has 1 aliphatic heterocycles. The number of nitrogens with one attached hydrogen (secondary N) is 1. The van der Waals surface area contributed by atoms with E-state index in [1.165, 1.54) is 32.4 Å². The first-order valence-electron chi connectivity index (χ1n) is 6.51. The summed E-state index contributed by atoms with van der Waals surface area (Å²) in [6.45, 7) is 1.58. The molecule has 0 bridgehead atoms. The first kappa shape index (κ1) is 15.6. The number of aromatic hydroxyl groups is 1. The van der Waals surface area contributed by atoms with Gasteiger partial charge in [0.1, 0.15) is 11.9 Å². The van der Waals surface area contributed by atoms with Gasteiger partial charge in [0.05, 0.1) is 18.4 Å². The summed E-state index contributed by atoms with van der Waals surface area (Å²) in [5, 5.41) is 12.3. The van der Waals surface area contributed by atoms with Gasteiger partial charge in [0, 0.05) is 7.05 Å². The molecule has 0 radical (unpaired) electrons. The summed E-state index contributed by atoms with van der Waals surface area (Å²) in [5.74, 6) is -1.56. The van der Waals surface area contributed by atoms with Crippen LogP contribution in [0.15, 0.2) is 18.2 Å². The normalized spacial score (nSPS) is 20.5. The molecule has 0 spiro atoms. The maximum atomic E-state index is 12.3. The third kappa shape index (κ3) is 2.67. The Hall–Kier alpha value is -2.77. The Morgan fingerprint density at radius 2 is 2.09 bits per heavy atom. The number of phenolic OH excluding ortho intramolecular Hbond substituents is 1. The molecule has 8 heteroatoms. The minimum Gasteiger partial charge on any atom is -0.506 e. The fraction of sp³-hybridized carbons (Fsp3) is 0.357. The molecule has 22 heavy (non-hydrogen) atoms. The lowest BCUT2D eigenvalue weighted by atomic mass is 10.1. The van der Waals surface area contributed by atoms with Crippen molar-refractivity contribution >= 4 is 23.7 Å². The second-order valence-electron chi connectivity index (χ2n) is 4.83. The van der Waals surface area contributed by atoms with Crippen molar-refractivity contribution in [2.75, 3.05) is 19.5 Å². The van der Waals surface area contributed by atoms with Crippen molar-refractivity contribution in [2.45, 2.75) is 19.1 Å². The van der Waals surface area contributed by atoms with Crippen molar-refractivity contribution in [3.63, 3.8) is 0 Å². The van der Waals surface area contributed by atoms with Crippen molar-refractivity contribution < 1.29 is 29.0 Å². The monoisotopic (exact) mass is 308 g/mol. The summed E-state index contributed by atoms with van der Waals surface area (Å²) in [6, 6.07) is 3.32. The Balaban J connectivity index is 2.29. The maximum absolute atomic E-state index is 12.3. The number of carbonyl (C=O) groups excluding carboxylic acids is 3. The van der Waals surface area contributed by atoms with Crippen LogP contribution in [0.2, 0.25) is 0 Å². The number of hydrogen-bond donors (Lipinski definition) is 2. The van der Waals surface area contributed by atoms with Crippen molar-refractivity contribution in [3.05, 3.63) is 23.8 Å². The Morgan fingerprint density at radius 3 is 2.64 bits per heavy atom. The molecule has 2 atom stereocenters. The second kappa shape index (κ2) is 5.92. The summed E-state index contributed by atoms with van der Waals surface area (Å²) >= 11 is 0. The number of benzene rings is 1. The lowest BCUT2D eigenvalue weighted by molar-refractivity contribution is -0.120. The highest BCUT2D eigenvalue weighted by Crippen LogP contribution is 2.29. The van der Waals surface area contributed by atoms with Crippen LogP contribution in [0.4, 0.5) is 10.5 Å². The number of methoxy groups -OCH3 is 1. The predicted octanol–water partition coefficient (Wildman–Crippen LogP) is 0.956. The molecule has 118 valence electrons. The van der Waals surface area contributed by atoms with E-state index < -0.39 is 30.1 Å². The summed E-state index contributed by atoms with van der Waals surface area (Å²) in [5.41, 5.74) is -0.0595. The number of phenols is 1. The third-order valence-corrected chi connectivity index (χ3v) is 3.40. The van der Waals surface area contributed by atoms with E-state index in [0.717, 1.165) is 4.90 Å². The molecular formula is C14H16N2O6. The average Bonchev–Trinajstić information content (AvgIpc) is 2.73. The van der Waals surface area contributed by atoms with Crippen molar-refractivity contribution in [1.82, 2.24) is 4.90 Å².